The Morgan fingerprint density at radius 2 is 2.03 bits per heavy atom. The van der Waals surface area contributed by atoms with Crippen molar-refractivity contribution >= 4 is 38.4 Å². The van der Waals surface area contributed by atoms with Crippen molar-refractivity contribution in [2.75, 3.05) is 13.1 Å². The molecule has 1 atom stereocenters. The van der Waals surface area contributed by atoms with Gasteiger partial charge in [-0.25, -0.2) is 13.2 Å². The van der Waals surface area contributed by atoms with Crippen LogP contribution in [0.25, 0.3) is 11.1 Å². The van der Waals surface area contributed by atoms with Crippen molar-refractivity contribution in [3.63, 3.8) is 0 Å². The Kier molecular flexibility index (Phi) is 5.81. The second-order valence-corrected chi connectivity index (χ2v) is 10.2. The maximum absolute atomic E-state index is 12.7. The average molecular weight is 450 g/mol. The van der Waals surface area contributed by atoms with Gasteiger partial charge in [-0.3, -0.25) is 9.36 Å². The van der Waals surface area contributed by atoms with Crippen LogP contribution in [0.1, 0.15) is 37.1 Å². The lowest BCUT2D eigenvalue weighted by molar-refractivity contribution is -0.121. The maximum Gasteiger partial charge on any atom is 0.419 e. The number of thiophene rings is 1. The van der Waals surface area contributed by atoms with E-state index in [4.69, 9.17) is 4.42 Å². The van der Waals surface area contributed by atoms with E-state index in [0.29, 0.717) is 18.6 Å². The molecule has 0 bridgehead atoms. The molecule has 1 saturated heterocycles. The van der Waals surface area contributed by atoms with Gasteiger partial charge in [0, 0.05) is 37.0 Å². The predicted octanol–water partition coefficient (Wildman–Crippen LogP) is 2.71. The zero-order chi connectivity index (χ0) is 21.3. The van der Waals surface area contributed by atoms with E-state index in [1.165, 1.54) is 21.0 Å². The molecule has 0 radical (unpaired) electrons. The molecule has 1 N–H and O–H groups in total. The van der Waals surface area contributed by atoms with Crippen molar-refractivity contribution in [3.05, 3.63) is 51.1 Å². The number of sulfonamides is 1. The quantitative estimate of drug-likeness (QED) is 0.598. The van der Waals surface area contributed by atoms with Crippen molar-refractivity contribution in [3.8, 4) is 0 Å². The van der Waals surface area contributed by atoms with Gasteiger partial charge in [-0.2, -0.15) is 4.31 Å². The second kappa shape index (κ2) is 8.37. The van der Waals surface area contributed by atoms with Crippen LogP contribution in [-0.4, -0.2) is 36.3 Å². The minimum absolute atomic E-state index is 0.103. The van der Waals surface area contributed by atoms with E-state index >= 15 is 0 Å². The van der Waals surface area contributed by atoms with E-state index in [1.54, 1.807) is 17.4 Å². The first-order chi connectivity index (χ1) is 14.4. The molecular formula is C20H23N3O5S2. The highest BCUT2D eigenvalue weighted by atomic mass is 32.2. The van der Waals surface area contributed by atoms with Crippen molar-refractivity contribution in [2.24, 2.45) is 0 Å². The molecule has 1 aliphatic rings. The van der Waals surface area contributed by atoms with Gasteiger partial charge in [-0.1, -0.05) is 6.07 Å². The summed E-state index contributed by atoms with van der Waals surface area (Å²) in [7, 11) is -3.60. The Morgan fingerprint density at radius 3 is 2.73 bits per heavy atom. The molecule has 0 spiro atoms. The standard InChI is InChI=1S/C20H23N3O5S2/c1-14(18-5-4-12-29-18)21-19(24)8-11-23-16-7-6-15(13-17(16)28-20(23)25)30(26,27)22-9-2-3-10-22/h4-7,12-14H,2-3,8-11H2,1H3,(H,21,24)/t14-/m0/s1. The SMILES string of the molecule is C[C@H](NC(=O)CCn1c(=O)oc2cc(S(=O)(=O)N3CCCC3)ccc21)c1cccs1. The zero-order valence-corrected chi connectivity index (χ0v) is 18.2. The molecule has 8 nitrogen and oxygen atoms in total. The van der Waals surface area contributed by atoms with Crippen molar-refractivity contribution < 1.29 is 17.6 Å². The summed E-state index contributed by atoms with van der Waals surface area (Å²) >= 11 is 1.57. The number of rotatable bonds is 7. The van der Waals surface area contributed by atoms with Gasteiger partial charge < -0.3 is 9.73 Å². The normalized spacial score (nSPS) is 16.2. The number of nitrogens with one attached hydrogen (secondary N) is 1. The molecule has 30 heavy (non-hydrogen) atoms. The van der Waals surface area contributed by atoms with Gasteiger partial charge in [-0.15, -0.1) is 11.3 Å². The van der Waals surface area contributed by atoms with E-state index in [9.17, 15) is 18.0 Å². The van der Waals surface area contributed by atoms with E-state index in [-0.39, 0.29) is 35.4 Å². The first-order valence-electron chi connectivity index (χ1n) is 9.82. The number of hydrogen-bond donors (Lipinski definition) is 1. The predicted molar refractivity (Wildman–Crippen MR) is 114 cm³/mol. The van der Waals surface area contributed by atoms with Gasteiger partial charge in [-0.05, 0) is 43.3 Å². The molecule has 4 rings (SSSR count). The van der Waals surface area contributed by atoms with Crippen LogP contribution >= 0.6 is 11.3 Å². The lowest BCUT2D eigenvalue weighted by Gasteiger charge is -2.15. The number of nitrogens with zero attached hydrogens (tertiary/aromatic N) is 2. The summed E-state index contributed by atoms with van der Waals surface area (Å²) in [6.45, 7) is 3.06. The number of hydrogen-bond acceptors (Lipinski definition) is 6. The highest BCUT2D eigenvalue weighted by Crippen LogP contribution is 2.24. The Bertz CT molecular complexity index is 1210. The van der Waals surface area contributed by atoms with Gasteiger partial charge in [0.15, 0.2) is 5.58 Å². The summed E-state index contributed by atoms with van der Waals surface area (Å²) in [5.74, 6) is -0.787. The molecule has 3 heterocycles. The largest absolute Gasteiger partial charge is 0.419 e. The Balaban J connectivity index is 1.49. The summed E-state index contributed by atoms with van der Waals surface area (Å²) in [5.41, 5.74) is 0.673. The van der Waals surface area contributed by atoms with Gasteiger partial charge >= 0.3 is 5.76 Å². The number of amides is 1. The van der Waals surface area contributed by atoms with Gasteiger partial charge in [0.05, 0.1) is 16.5 Å². The molecule has 1 aromatic carbocycles. The second-order valence-electron chi connectivity index (χ2n) is 7.31. The topological polar surface area (TPSA) is 102 Å². The third-order valence-corrected chi connectivity index (χ3v) is 8.20. The highest BCUT2D eigenvalue weighted by molar-refractivity contribution is 7.89. The van der Waals surface area contributed by atoms with Gasteiger partial charge in [0.1, 0.15) is 0 Å². The first-order valence-corrected chi connectivity index (χ1v) is 12.1. The van der Waals surface area contributed by atoms with Gasteiger partial charge in [0.25, 0.3) is 0 Å². The zero-order valence-electron chi connectivity index (χ0n) is 16.5. The monoisotopic (exact) mass is 449 g/mol. The molecule has 2 aromatic heterocycles. The van der Waals surface area contributed by atoms with Crippen LogP contribution in [-0.2, 0) is 21.4 Å². The molecule has 0 saturated carbocycles. The van der Waals surface area contributed by atoms with E-state index < -0.39 is 15.8 Å². The fourth-order valence-electron chi connectivity index (χ4n) is 3.63. The summed E-state index contributed by atoms with van der Waals surface area (Å²) in [4.78, 5) is 25.7. The number of aromatic nitrogens is 1. The number of oxazole rings is 1. The number of carbonyl (C=O) groups is 1. The maximum atomic E-state index is 12.7. The molecule has 3 aromatic rings. The molecule has 10 heteroatoms. The fourth-order valence-corrected chi connectivity index (χ4v) is 5.90. The molecule has 0 unspecified atom stereocenters. The molecule has 1 fully saturated rings. The van der Waals surface area contributed by atoms with E-state index in [1.807, 2.05) is 24.4 Å². The molecule has 1 aliphatic heterocycles. The number of fused-ring (bicyclic) bond motifs is 1. The minimum Gasteiger partial charge on any atom is -0.408 e. The molecular weight excluding hydrogens is 426 g/mol. The van der Waals surface area contributed by atoms with Crippen LogP contribution in [0.15, 0.2) is 49.8 Å². The summed E-state index contributed by atoms with van der Waals surface area (Å²) in [6.07, 6.45) is 1.80. The number of carbonyl (C=O) groups excluding carboxylic acids is 1. The third-order valence-electron chi connectivity index (χ3n) is 5.25. The Morgan fingerprint density at radius 1 is 1.27 bits per heavy atom. The van der Waals surface area contributed by atoms with Crippen molar-refractivity contribution in [2.45, 2.75) is 43.7 Å². The summed E-state index contributed by atoms with van der Waals surface area (Å²) in [6, 6.07) is 8.22. The average Bonchev–Trinajstić information content (AvgIpc) is 3.46. The summed E-state index contributed by atoms with van der Waals surface area (Å²) < 4.78 is 33.5. The van der Waals surface area contributed by atoms with Crippen LogP contribution in [0.2, 0.25) is 0 Å². The number of aryl methyl sites for hydroxylation is 1. The molecule has 1 amide bonds. The Hall–Kier alpha value is -2.43. The third kappa shape index (κ3) is 4.07. The van der Waals surface area contributed by atoms with Crippen LogP contribution in [0.3, 0.4) is 0 Å². The summed E-state index contributed by atoms with van der Waals surface area (Å²) in [5, 5.41) is 4.86. The first kappa shape index (κ1) is 20.8. The van der Waals surface area contributed by atoms with E-state index in [2.05, 4.69) is 5.32 Å². The van der Waals surface area contributed by atoms with Crippen LogP contribution in [0.4, 0.5) is 0 Å². The Labute approximate surface area is 178 Å². The number of benzene rings is 1. The van der Waals surface area contributed by atoms with Crippen molar-refractivity contribution in [1.82, 2.24) is 14.2 Å². The minimum atomic E-state index is -3.60. The van der Waals surface area contributed by atoms with E-state index in [0.717, 1.165) is 17.7 Å². The molecule has 160 valence electrons. The fraction of sp³-hybridized carbons (Fsp3) is 0.400. The van der Waals surface area contributed by atoms with Crippen LogP contribution in [0.5, 0.6) is 0 Å². The lowest BCUT2D eigenvalue weighted by atomic mass is 10.2. The molecule has 0 aliphatic carbocycles. The smallest absolute Gasteiger partial charge is 0.408 e. The van der Waals surface area contributed by atoms with Gasteiger partial charge in [0.2, 0.25) is 15.9 Å². The van der Waals surface area contributed by atoms with Crippen LogP contribution in [0, 0.1) is 0 Å². The highest BCUT2D eigenvalue weighted by Gasteiger charge is 2.28. The van der Waals surface area contributed by atoms with Crippen molar-refractivity contribution in [1.29, 1.82) is 0 Å². The van der Waals surface area contributed by atoms with Crippen LogP contribution < -0.4 is 11.1 Å². The lowest BCUT2D eigenvalue weighted by Crippen LogP contribution is -2.28.